The van der Waals surface area contributed by atoms with E-state index in [1.165, 1.54) is 0 Å². The zero-order valence-electron chi connectivity index (χ0n) is 26.5. The van der Waals surface area contributed by atoms with Crippen molar-refractivity contribution in [3.8, 4) is 0 Å². The largest absolute Gasteiger partial charge is 0.376 e. The molecular formula is C33H53ClN4O4S. The van der Waals surface area contributed by atoms with Gasteiger partial charge in [0.25, 0.3) is 0 Å². The first kappa shape index (κ1) is 33.1. The number of nitrogens with two attached hydrogens (primary N) is 1. The van der Waals surface area contributed by atoms with Crippen LogP contribution in [0.1, 0.15) is 97.5 Å². The van der Waals surface area contributed by atoms with E-state index in [0.717, 1.165) is 69.8 Å². The van der Waals surface area contributed by atoms with Crippen molar-refractivity contribution in [2.45, 2.75) is 127 Å². The summed E-state index contributed by atoms with van der Waals surface area (Å²) in [5.41, 5.74) is 6.82. The predicted octanol–water partition coefficient (Wildman–Crippen LogP) is 4.74. The average molecular weight is 637 g/mol. The van der Waals surface area contributed by atoms with Crippen LogP contribution in [0.15, 0.2) is 24.3 Å². The third kappa shape index (κ3) is 6.97. The van der Waals surface area contributed by atoms with Crippen molar-refractivity contribution in [3.63, 3.8) is 0 Å². The molecule has 4 N–H and O–H groups in total. The molecule has 8 atom stereocenters. The maximum Gasteiger partial charge on any atom is 0.238 e. The number of halogens is 1. The highest BCUT2D eigenvalue weighted by molar-refractivity contribution is 7.89. The van der Waals surface area contributed by atoms with E-state index in [9.17, 15) is 13.2 Å². The van der Waals surface area contributed by atoms with E-state index < -0.39 is 21.5 Å². The maximum atomic E-state index is 14.2. The first-order valence-electron chi connectivity index (χ1n) is 16.4. The standard InChI is InChI=1S/C33H53ClN4O4S/c1-31(2)22-32(3,17-18-42-31)33(4,24-12-14-25(34)15-13-24)29(35)30(39)37-28-10-6-5-8-23(28)11-16-27-20-36-26-9-7-19-43(40,41)38(27)21-26/h12-15,23,26-29,36H,5-11,16-22,35H2,1-4H3,(H,37,39)/t23-,26-,27+,28+,29-,32+,33-/m1/s1. The molecule has 0 spiro atoms. The molecule has 1 aliphatic carbocycles. The minimum absolute atomic E-state index is 0.0232. The third-order valence-corrected chi connectivity index (χ3v) is 13.7. The summed E-state index contributed by atoms with van der Waals surface area (Å²) in [6, 6.07) is 7.32. The van der Waals surface area contributed by atoms with Crippen molar-refractivity contribution in [2.75, 3.05) is 25.4 Å². The summed E-state index contributed by atoms with van der Waals surface area (Å²) >= 11 is 6.28. The van der Waals surface area contributed by atoms with Gasteiger partial charge in [-0.2, -0.15) is 4.31 Å². The summed E-state index contributed by atoms with van der Waals surface area (Å²) in [6.07, 6.45) is 9.07. The Bertz CT molecular complexity index is 1240. The normalized spacial score (nSPS) is 36.1. The Balaban J connectivity index is 1.32. The Labute approximate surface area is 264 Å². The Morgan fingerprint density at radius 1 is 1.16 bits per heavy atom. The molecule has 0 aromatic heterocycles. The number of hydrogen-bond acceptors (Lipinski definition) is 6. The van der Waals surface area contributed by atoms with Crippen molar-refractivity contribution in [2.24, 2.45) is 17.1 Å². The van der Waals surface area contributed by atoms with Crippen LogP contribution < -0.4 is 16.4 Å². The van der Waals surface area contributed by atoms with Gasteiger partial charge in [0.1, 0.15) is 0 Å². The van der Waals surface area contributed by atoms with Gasteiger partial charge < -0.3 is 21.1 Å². The number of hydrogen-bond donors (Lipinski definition) is 3. The summed E-state index contributed by atoms with van der Waals surface area (Å²) < 4.78 is 33.9. The maximum absolute atomic E-state index is 14.2. The van der Waals surface area contributed by atoms with E-state index in [2.05, 4.69) is 38.3 Å². The molecule has 8 nitrogen and oxygen atoms in total. The topological polar surface area (TPSA) is 114 Å². The van der Waals surface area contributed by atoms with Crippen molar-refractivity contribution >= 4 is 27.5 Å². The molecule has 5 rings (SSSR count). The third-order valence-electron chi connectivity index (χ3n) is 11.4. The van der Waals surface area contributed by atoms with E-state index in [-0.39, 0.29) is 40.8 Å². The minimum atomic E-state index is -3.22. The molecule has 1 aromatic rings. The Morgan fingerprint density at radius 2 is 1.88 bits per heavy atom. The molecule has 43 heavy (non-hydrogen) atoms. The van der Waals surface area contributed by atoms with E-state index in [1.807, 2.05) is 24.3 Å². The number of piperazine rings is 1. The molecule has 1 unspecified atom stereocenters. The molecule has 3 saturated heterocycles. The van der Waals surface area contributed by atoms with Crippen molar-refractivity contribution in [3.05, 3.63) is 34.9 Å². The van der Waals surface area contributed by atoms with Crippen LogP contribution in [-0.4, -0.2) is 73.8 Å². The van der Waals surface area contributed by atoms with Gasteiger partial charge in [0.2, 0.25) is 15.9 Å². The molecule has 242 valence electrons. The van der Waals surface area contributed by atoms with Crippen LogP contribution in [0.25, 0.3) is 0 Å². The van der Waals surface area contributed by atoms with Crippen LogP contribution in [0.3, 0.4) is 0 Å². The summed E-state index contributed by atoms with van der Waals surface area (Å²) in [4.78, 5) is 14.2. The Kier molecular flexibility index (Phi) is 9.92. The zero-order chi connectivity index (χ0) is 31.0. The molecule has 4 fully saturated rings. The highest BCUT2D eigenvalue weighted by Gasteiger charge is 2.55. The molecule has 1 amide bonds. The number of carbonyl (C=O) groups is 1. The Hall–Kier alpha value is -1.23. The summed E-state index contributed by atoms with van der Waals surface area (Å²) in [5, 5.41) is 7.67. The molecule has 3 aliphatic heterocycles. The number of benzene rings is 1. The summed E-state index contributed by atoms with van der Waals surface area (Å²) in [6.45, 7) is 10.5. The van der Waals surface area contributed by atoms with Gasteiger partial charge in [0.05, 0.1) is 17.4 Å². The van der Waals surface area contributed by atoms with Crippen LogP contribution in [-0.2, 0) is 25.0 Å². The lowest BCUT2D eigenvalue weighted by Gasteiger charge is -2.55. The van der Waals surface area contributed by atoms with E-state index in [1.54, 1.807) is 4.31 Å². The van der Waals surface area contributed by atoms with Crippen LogP contribution in [0.5, 0.6) is 0 Å². The molecule has 0 radical (unpaired) electrons. The average Bonchev–Trinajstić information content (AvgIpc) is 3.07. The van der Waals surface area contributed by atoms with Gasteiger partial charge >= 0.3 is 0 Å². The molecule has 4 aliphatic rings. The summed E-state index contributed by atoms with van der Waals surface area (Å²) in [7, 11) is -3.22. The molecule has 1 aromatic carbocycles. The van der Waals surface area contributed by atoms with Crippen LogP contribution >= 0.6 is 11.6 Å². The van der Waals surface area contributed by atoms with E-state index >= 15 is 0 Å². The number of sulfonamides is 1. The van der Waals surface area contributed by atoms with Gasteiger partial charge in [0, 0.05) is 48.3 Å². The van der Waals surface area contributed by atoms with Crippen LogP contribution in [0.4, 0.5) is 0 Å². The number of amides is 1. The van der Waals surface area contributed by atoms with Crippen molar-refractivity contribution in [1.82, 2.24) is 14.9 Å². The molecular weight excluding hydrogens is 584 g/mol. The van der Waals surface area contributed by atoms with Gasteiger partial charge in [0.15, 0.2) is 0 Å². The number of nitrogens with zero attached hydrogens (tertiary/aromatic N) is 1. The van der Waals surface area contributed by atoms with Gasteiger partial charge in [-0.05, 0) is 94.2 Å². The Morgan fingerprint density at radius 3 is 2.60 bits per heavy atom. The van der Waals surface area contributed by atoms with Gasteiger partial charge in [-0.1, -0.05) is 50.4 Å². The fraction of sp³-hybridized carbons (Fsp3) is 0.788. The first-order chi connectivity index (χ1) is 20.2. The van der Waals surface area contributed by atoms with Crippen molar-refractivity contribution in [1.29, 1.82) is 0 Å². The predicted molar refractivity (Wildman–Crippen MR) is 173 cm³/mol. The molecule has 3 heterocycles. The van der Waals surface area contributed by atoms with Gasteiger partial charge in [-0.15, -0.1) is 0 Å². The smallest absolute Gasteiger partial charge is 0.238 e. The lowest BCUT2D eigenvalue weighted by molar-refractivity contribution is -0.139. The number of nitrogens with one attached hydrogen (secondary N) is 2. The van der Waals surface area contributed by atoms with Crippen LogP contribution in [0.2, 0.25) is 5.02 Å². The lowest BCUT2D eigenvalue weighted by atomic mass is 9.53. The highest BCUT2D eigenvalue weighted by atomic mass is 35.5. The van der Waals surface area contributed by atoms with Gasteiger partial charge in [-0.25, -0.2) is 8.42 Å². The molecule has 2 bridgehead atoms. The second kappa shape index (κ2) is 12.9. The SMILES string of the molecule is CC1(C)C[C@@](C)([C@](C)(c2ccc(Cl)cc2)[C@H](N)C(=O)N[C@H]2CCCC[C@@H]2CC[C@H]2CN[C@@H]3CCCS(=O)(=O)N2C3)CCO1. The second-order valence-electron chi connectivity index (χ2n) is 14.8. The lowest BCUT2D eigenvalue weighted by Crippen LogP contribution is -2.64. The van der Waals surface area contributed by atoms with E-state index in [0.29, 0.717) is 30.6 Å². The van der Waals surface area contributed by atoms with Gasteiger partial charge in [-0.3, -0.25) is 4.79 Å². The minimum Gasteiger partial charge on any atom is -0.376 e. The highest BCUT2D eigenvalue weighted by Crippen LogP contribution is 2.53. The first-order valence-corrected chi connectivity index (χ1v) is 18.4. The second-order valence-corrected chi connectivity index (χ2v) is 17.3. The fourth-order valence-corrected chi connectivity index (χ4v) is 10.6. The number of rotatable bonds is 8. The molecule has 1 saturated carbocycles. The zero-order valence-corrected chi connectivity index (χ0v) is 28.1. The fourth-order valence-electron chi connectivity index (χ4n) is 8.70. The molecule has 10 heteroatoms. The number of carbonyl (C=O) groups excluding carboxylic acids is 1. The van der Waals surface area contributed by atoms with Crippen LogP contribution in [0, 0.1) is 11.3 Å². The number of fused-ring (bicyclic) bond motifs is 2. The number of ether oxygens (including phenoxy) is 1. The summed E-state index contributed by atoms with van der Waals surface area (Å²) in [5.74, 6) is 0.435. The van der Waals surface area contributed by atoms with E-state index in [4.69, 9.17) is 22.1 Å². The monoisotopic (exact) mass is 636 g/mol. The van der Waals surface area contributed by atoms with Crippen molar-refractivity contribution < 1.29 is 17.9 Å². The quantitative estimate of drug-likeness (QED) is 0.380.